The zero-order valence-corrected chi connectivity index (χ0v) is 9.91. The number of rotatable bonds is 5. The molecule has 1 aromatic carbocycles. The SMILES string of the molecule is O=C(O)CC1CN(C(=O)COc2ccccc2)C1. The second-order valence-electron chi connectivity index (χ2n) is 4.36. The van der Waals surface area contributed by atoms with Crippen molar-refractivity contribution >= 4 is 11.9 Å². The first-order valence-corrected chi connectivity index (χ1v) is 5.82. The minimum atomic E-state index is -0.812. The van der Waals surface area contributed by atoms with Gasteiger partial charge in [-0.2, -0.15) is 0 Å². The van der Waals surface area contributed by atoms with Crippen LogP contribution in [-0.2, 0) is 9.59 Å². The highest BCUT2D eigenvalue weighted by Gasteiger charge is 2.31. The molecule has 18 heavy (non-hydrogen) atoms. The van der Waals surface area contributed by atoms with Crippen molar-refractivity contribution in [3.8, 4) is 5.75 Å². The highest BCUT2D eigenvalue weighted by atomic mass is 16.5. The molecular weight excluding hydrogens is 234 g/mol. The highest BCUT2D eigenvalue weighted by molar-refractivity contribution is 5.79. The molecule has 2 rings (SSSR count). The first-order chi connectivity index (χ1) is 8.65. The molecular formula is C13H15NO4. The van der Waals surface area contributed by atoms with Gasteiger partial charge in [0.05, 0.1) is 6.42 Å². The van der Waals surface area contributed by atoms with Crippen LogP contribution in [0.25, 0.3) is 0 Å². The van der Waals surface area contributed by atoms with E-state index in [9.17, 15) is 9.59 Å². The van der Waals surface area contributed by atoms with Gasteiger partial charge in [-0.05, 0) is 12.1 Å². The fourth-order valence-electron chi connectivity index (χ4n) is 1.90. The van der Waals surface area contributed by atoms with E-state index >= 15 is 0 Å². The fraction of sp³-hybridized carbons (Fsp3) is 0.385. The molecule has 0 unspecified atom stereocenters. The van der Waals surface area contributed by atoms with Crippen LogP contribution in [0.1, 0.15) is 6.42 Å². The van der Waals surface area contributed by atoms with E-state index in [4.69, 9.17) is 9.84 Å². The normalized spacial score (nSPS) is 15.0. The Labute approximate surface area is 105 Å². The van der Waals surface area contributed by atoms with Gasteiger partial charge in [-0.25, -0.2) is 0 Å². The van der Waals surface area contributed by atoms with E-state index in [2.05, 4.69) is 0 Å². The van der Waals surface area contributed by atoms with Gasteiger partial charge in [0.15, 0.2) is 6.61 Å². The van der Waals surface area contributed by atoms with E-state index in [1.54, 1.807) is 17.0 Å². The third-order valence-corrected chi connectivity index (χ3v) is 2.88. The van der Waals surface area contributed by atoms with Crippen molar-refractivity contribution in [3.63, 3.8) is 0 Å². The average molecular weight is 249 g/mol. The second kappa shape index (κ2) is 5.53. The molecule has 0 atom stereocenters. The molecule has 1 saturated heterocycles. The van der Waals surface area contributed by atoms with Gasteiger partial charge in [0.2, 0.25) is 0 Å². The monoisotopic (exact) mass is 249 g/mol. The molecule has 0 aromatic heterocycles. The Hall–Kier alpha value is -2.04. The molecule has 0 bridgehead atoms. The lowest BCUT2D eigenvalue weighted by Gasteiger charge is -2.38. The standard InChI is InChI=1S/C13H15NO4/c15-12(9-18-11-4-2-1-3-5-11)14-7-10(8-14)6-13(16)17/h1-5,10H,6-9H2,(H,16,17). The van der Waals surface area contributed by atoms with Crippen molar-refractivity contribution in [3.05, 3.63) is 30.3 Å². The average Bonchev–Trinajstić information content (AvgIpc) is 2.31. The van der Waals surface area contributed by atoms with Gasteiger partial charge in [0.1, 0.15) is 5.75 Å². The van der Waals surface area contributed by atoms with Crippen molar-refractivity contribution in [1.82, 2.24) is 4.90 Å². The van der Waals surface area contributed by atoms with E-state index in [1.165, 1.54) is 0 Å². The summed E-state index contributed by atoms with van der Waals surface area (Å²) in [6.45, 7) is 1.04. The zero-order chi connectivity index (χ0) is 13.0. The number of carbonyl (C=O) groups is 2. The topological polar surface area (TPSA) is 66.8 Å². The maximum absolute atomic E-state index is 11.7. The van der Waals surface area contributed by atoms with Crippen LogP contribution in [0.15, 0.2) is 30.3 Å². The first-order valence-electron chi connectivity index (χ1n) is 5.82. The van der Waals surface area contributed by atoms with Crippen LogP contribution in [0.2, 0.25) is 0 Å². The summed E-state index contributed by atoms with van der Waals surface area (Å²) < 4.78 is 5.33. The summed E-state index contributed by atoms with van der Waals surface area (Å²) in [4.78, 5) is 23.8. The Bertz CT molecular complexity index is 426. The maximum Gasteiger partial charge on any atom is 0.303 e. The molecule has 1 aliphatic rings. The van der Waals surface area contributed by atoms with Crippen molar-refractivity contribution in [2.75, 3.05) is 19.7 Å². The molecule has 0 saturated carbocycles. The third-order valence-electron chi connectivity index (χ3n) is 2.88. The van der Waals surface area contributed by atoms with E-state index < -0.39 is 5.97 Å². The molecule has 1 heterocycles. The summed E-state index contributed by atoms with van der Waals surface area (Å²) in [6.07, 6.45) is 0.128. The van der Waals surface area contributed by atoms with Gasteiger partial charge in [0, 0.05) is 19.0 Å². The predicted octanol–water partition coefficient (Wildman–Crippen LogP) is 0.998. The summed E-state index contributed by atoms with van der Waals surface area (Å²) in [5.74, 6) is -0.162. The van der Waals surface area contributed by atoms with Crippen LogP contribution in [0.4, 0.5) is 0 Å². The minimum absolute atomic E-state index is 0.00377. The predicted molar refractivity (Wildman–Crippen MR) is 64.3 cm³/mol. The smallest absolute Gasteiger partial charge is 0.303 e. The van der Waals surface area contributed by atoms with Crippen molar-refractivity contribution in [2.24, 2.45) is 5.92 Å². The summed E-state index contributed by atoms with van der Waals surface area (Å²) in [6, 6.07) is 9.13. The molecule has 1 amide bonds. The van der Waals surface area contributed by atoms with Crippen molar-refractivity contribution in [1.29, 1.82) is 0 Å². The quantitative estimate of drug-likeness (QED) is 0.845. The molecule has 1 aromatic rings. The van der Waals surface area contributed by atoms with Crippen molar-refractivity contribution < 1.29 is 19.4 Å². The number of carboxylic acids is 1. The Kier molecular flexibility index (Phi) is 3.82. The molecule has 1 aliphatic heterocycles. The molecule has 0 spiro atoms. The summed E-state index contributed by atoms with van der Waals surface area (Å²) in [7, 11) is 0. The summed E-state index contributed by atoms with van der Waals surface area (Å²) >= 11 is 0. The molecule has 5 nitrogen and oxygen atoms in total. The lowest BCUT2D eigenvalue weighted by molar-refractivity contribution is -0.146. The summed E-state index contributed by atoms with van der Waals surface area (Å²) in [5.41, 5.74) is 0. The number of benzene rings is 1. The zero-order valence-electron chi connectivity index (χ0n) is 9.91. The highest BCUT2D eigenvalue weighted by Crippen LogP contribution is 2.19. The van der Waals surface area contributed by atoms with E-state index in [0.29, 0.717) is 18.8 Å². The molecule has 0 aliphatic carbocycles. The number of ether oxygens (including phenoxy) is 1. The van der Waals surface area contributed by atoms with Crippen LogP contribution in [0.3, 0.4) is 0 Å². The lowest BCUT2D eigenvalue weighted by Crippen LogP contribution is -2.52. The van der Waals surface area contributed by atoms with Crippen LogP contribution in [0.5, 0.6) is 5.75 Å². The Morgan fingerprint density at radius 3 is 2.56 bits per heavy atom. The van der Waals surface area contributed by atoms with Gasteiger partial charge in [0.25, 0.3) is 5.91 Å². The number of hydrogen-bond donors (Lipinski definition) is 1. The minimum Gasteiger partial charge on any atom is -0.484 e. The van der Waals surface area contributed by atoms with E-state index in [-0.39, 0.29) is 24.9 Å². The Morgan fingerprint density at radius 1 is 1.28 bits per heavy atom. The molecule has 96 valence electrons. The number of hydrogen-bond acceptors (Lipinski definition) is 3. The number of likely N-dealkylation sites (tertiary alicyclic amines) is 1. The lowest BCUT2D eigenvalue weighted by atomic mass is 9.96. The molecule has 1 fully saturated rings. The number of carbonyl (C=O) groups excluding carboxylic acids is 1. The number of amides is 1. The molecule has 5 heteroatoms. The fourth-order valence-corrected chi connectivity index (χ4v) is 1.90. The largest absolute Gasteiger partial charge is 0.484 e. The number of nitrogens with zero attached hydrogens (tertiary/aromatic N) is 1. The maximum atomic E-state index is 11.7. The van der Waals surface area contributed by atoms with Crippen LogP contribution in [-0.4, -0.2) is 41.6 Å². The van der Waals surface area contributed by atoms with Gasteiger partial charge >= 0.3 is 5.97 Å². The van der Waals surface area contributed by atoms with Gasteiger partial charge in [-0.3, -0.25) is 9.59 Å². The summed E-state index contributed by atoms with van der Waals surface area (Å²) in [5, 5.41) is 8.60. The van der Waals surface area contributed by atoms with Crippen LogP contribution in [0, 0.1) is 5.92 Å². The number of para-hydroxylation sites is 1. The second-order valence-corrected chi connectivity index (χ2v) is 4.36. The van der Waals surface area contributed by atoms with Gasteiger partial charge < -0.3 is 14.7 Å². The molecule has 1 N–H and O–H groups in total. The molecule has 0 radical (unpaired) electrons. The van der Waals surface area contributed by atoms with Crippen molar-refractivity contribution in [2.45, 2.75) is 6.42 Å². The van der Waals surface area contributed by atoms with E-state index in [0.717, 1.165) is 0 Å². The Morgan fingerprint density at radius 2 is 1.94 bits per heavy atom. The van der Waals surface area contributed by atoms with E-state index in [1.807, 2.05) is 18.2 Å². The number of carboxylic acid groups (broad SMARTS) is 1. The third kappa shape index (κ3) is 3.23. The van der Waals surface area contributed by atoms with Gasteiger partial charge in [-0.15, -0.1) is 0 Å². The Balaban J connectivity index is 1.70. The first kappa shape index (κ1) is 12.4. The van der Waals surface area contributed by atoms with Crippen LogP contribution >= 0.6 is 0 Å². The van der Waals surface area contributed by atoms with Gasteiger partial charge in [-0.1, -0.05) is 18.2 Å². The van der Waals surface area contributed by atoms with Crippen LogP contribution < -0.4 is 4.74 Å². The number of aliphatic carboxylic acids is 1.